The maximum Gasteiger partial charge on any atom is 0.490 e. The number of hydrogen-bond acceptors (Lipinski definition) is 2. The fourth-order valence-electron chi connectivity index (χ4n) is 0. The summed E-state index contributed by atoms with van der Waals surface area (Å²) in [5, 5.41) is 14.2. The Kier molecular flexibility index (Phi) is 8.17. The molecule has 0 aromatic carbocycles. The summed E-state index contributed by atoms with van der Waals surface area (Å²) in [5.41, 5.74) is 0. The van der Waals surface area contributed by atoms with Crippen LogP contribution in [0.2, 0.25) is 0 Å². The summed E-state index contributed by atoms with van der Waals surface area (Å²) in [6.45, 7) is 0. The third-order valence-corrected chi connectivity index (χ3v) is 0.485. The van der Waals surface area contributed by atoms with Crippen molar-refractivity contribution in [2.24, 2.45) is 0 Å². The molecule has 0 atom stereocenters. The average Bonchev–Trinajstić information content (AvgIpc) is 1.83. The van der Waals surface area contributed by atoms with Crippen LogP contribution in [0.5, 0.6) is 0 Å². The summed E-state index contributed by atoms with van der Waals surface area (Å²) in [6, 6.07) is 0. The highest BCUT2D eigenvalue weighted by Gasteiger charge is 2.38. The molecule has 0 spiro atoms. The lowest BCUT2D eigenvalue weighted by Crippen LogP contribution is -2.21. The standard InChI is InChI=1S/2C2HF3O2.ClH/c2*3-2(4,5)1(6)7;/h2*(H,6,7);1H. The first-order valence-electron chi connectivity index (χ1n) is 2.49. The second-order valence-electron chi connectivity index (χ2n) is 1.61. The molecule has 0 unspecified atom stereocenters. The predicted octanol–water partition coefficient (Wildman–Crippen LogP) is 1.69. The fourth-order valence-corrected chi connectivity index (χ4v) is 0. The van der Waals surface area contributed by atoms with Crippen molar-refractivity contribution in [2.45, 2.75) is 12.4 Å². The molecule has 0 aromatic rings. The molecule has 2 N–H and O–H groups in total. The first kappa shape index (κ1) is 19.4. The van der Waals surface area contributed by atoms with Gasteiger partial charge in [0.25, 0.3) is 0 Å². The van der Waals surface area contributed by atoms with Crippen LogP contribution in [0.3, 0.4) is 0 Å². The second-order valence-corrected chi connectivity index (χ2v) is 1.61. The van der Waals surface area contributed by atoms with Crippen molar-refractivity contribution in [3.63, 3.8) is 0 Å². The van der Waals surface area contributed by atoms with Gasteiger partial charge in [-0.1, -0.05) is 0 Å². The highest BCUT2D eigenvalue weighted by molar-refractivity contribution is 5.85. The summed E-state index contributed by atoms with van der Waals surface area (Å²) in [7, 11) is 0. The molecule has 0 radical (unpaired) electrons. The topological polar surface area (TPSA) is 74.6 Å². The van der Waals surface area contributed by atoms with Gasteiger partial charge >= 0.3 is 24.3 Å². The van der Waals surface area contributed by atoms with Gasteiger partial charge in [0, 0.05) is 0 Å². The Hall–Kier alpha value is -1.19. The van der Waals surface area contributed by atoms with Crippen molar-refractivity contribution >= 4 is 24.3 Å². The van der Waals surface area contributed by atoms with Crippen molar-refractivity contribution in [3.8, 4) is 0 Å². The van der Waals surface area contributed by atoms with Crippen molar-refractivity contribution in [2.75, 3.05) is 0 Å². The van der Waals surface area contributed by atoms with Gasteiger partial charge in [-0.3, -0.25) is 0 Å². The predicted molar refractivity (Wildman–Crippen MR) is 34.6 cm³/mol. The largest absolute Gasteiger partial charge is 0.490 e. The van der Waals surface area contributed by atoms with Gasteiger partial charge in [-0.2, -0.15) is 26.3 Å². The van der Waals surface area contributed by atoms with Gasteiger partial charge in [-0.25, -0.2) is 9.59 Å². The Bertz CT molecular complexity index is 196. The third kappa shape index (κ3) is 12.8. The van der Waals surface area contributed by atoms with Crippen LogP contribution in [0.25, 0.3) is 0 Å². The minimum Gasteiger partial charge on any atom is -0.475 e. The van der Waals surface area contributed by atoms with E-state index in [-0.39, 0.29) is 12.4 Å². The lowest BCUT2D eigenvalue weighted by atomic mass is 10.7. The fraction of sp³-hybridized carbons (Fsp3) is 0.500. The van der Waals surface area contributed by atoms with Gasteiger partial charge in [0.1, 0.15) is 0 Å². The van der Waals surface area contributed by atoms with Crippen LogP contribution >= 0.6 is 12.4 Å². The number of alkyl halides is 6. The molecular formula is C4H3ClF6O4. The van der Waals surface area contributed by atoms with Gasteiger partial charge in [0.2, 0.25) is 0 Å². The van der Waals surface area contributed by atoms with E-state index < -0.39 is 24.3 Å². The van der Waals surface area contributed by atoms with E-state index in [9.17, 15) is 26.3 Å². The zero-order valence-corrected chi connectivity index (χ0v) is 7.20. The van der Waals surface area contributed by atoms with Crippen LogP contribution < -0.4 is 0 Å². The molecule has 0 amide bonds. The second kappa shape index (κ2) is 6.32. The SMILES string of the molecule is Cl.O=C(O)C(F)(F)F.O=C(O)C(F)(F)F. The van der Waals surface area contributed by atoms with E-state index in [1.807, 2.05) is 0 Å². The number of hydrogen-bond donors (Lipinski definition) is 2. The van der Waals surface area contributed by atoms with Crippen LogP contribution in [-0.2, 0) is 9.59 Å². The van der Waals surface area contributed by atoms with Crippen molar-refractivity contribution in [1.82, 2.24) is 0 Å². The van der Waals surface area contributed by atoms with E-state index in [0.717, 1.165) is 0 Å². The minimum atomic E-state index is -5.08. The Morgan fingerprint density at radius 3 is 0.800 bits per heavy atom. The summed E-state index contributed by atoms with van der Waals surface area (Å²) < 4.78 is 63.5. The Morgan fingerprint density at radius 1 is 0.733 bits per heavy atom. The molecule has 0 aromatic heterocycles. The summed E-state index contributed by atoms with van der Waals surface area (Å²) >= 11 is 0. The van der Waals surface area contributed by atoms with E-state index in [4.69, 9.17) is 19.8 Å². The molecular weight excluding hydrogens is 261 g/mol. The van der Waals surface area contributed by atoms with Gasteiger partial charge in [0.05, 0.1) is 0 Å². The van der Waals surface area contributed by atoms with E-state index >= 15 is 0 Å². The molecule has 11 heteroatoms. The molecule has 0 bridgehead atoms. The average molecular weight is 265 g/mol. The highest BCUT2D eigenvalue weighted by atomic mass is 35.5. The number of rotatable bonds is 0. The Balaban J connectivity index is -0.000000180. The van der Waals surface area contributed by atoms with Crippen LogP contribution in [0.4, 0.5) is 26.3 Å². The quantitative estimate of drug-likeness (QED) is 0.653. The molecule has 0 heterocycles. The normalized spacial score (nSPS) is 10.5. The zero-order valence-electron chi connectivity index (χ0n) is 6.39. The molecule has 0 rings (SSSR count). The number of aliphatic carboxylic acids is 2. The van der Waals surface area contributed by atoms with E-state index in [1.54, 1.807) is 0 Å². The molecule has 92 valence electrons. The van der Waals surface area contributed by atoms with Gasteiger partial charge in [-0.05, 0) is 0 Å². The molecule has 15 heavy (non-hydrogen) atoms. The number of carbonyl (C=O) groups is 2. The molecule has 4 nitrogen and oxygen atoms in total. The molecule has 0 aliphatic rings. The lowest BCUT2D eigenvalue weighted by Gasteiger charge is -1.93. The number of halogens is 7. The third-order valence-electron chi connectivity index (χ3n) is 0.485. The van der Waals surface area contributed by atoms with Gasteiger partial charge in [0.15, 0.2) is 0 Å². The first-order chi connectivity index (χ1) is 5.89. The molecule has 0 saturated heterocycles. The highest BCUT2D eigenvalue weighted by Crippen LogP contribution is 2.13. The lowest BCUT2D eigenvalue weighted by molar-refractivity contribution is -0.193. The number of carboxylic acid groups (broad SMARTS) is 2. The van der Waals surface area contributed by atoms with Gasteiger partial charge < -0.3 is 10.2 Å². The van der Waals surface area contributed by atoms with Gasteiger partial charge in [-0.15, -0.1) is 12.4 Å². The van der Waals surface area contributed by atoms with Crippen LogP contribution in [-0.4, -0.2) is 34.5 Å². The maximum absolute atomic E-state index is 10.6. The van der Waals surface area contributed by atoms with E-state index in [0.29, 0.717) is 0 Å². The smallest absolute Gasteiger partial charge is 0.475 e. The monoisotopic (exact) mass is 264 g/mol. The molecule has 0 aliphatic heterocycles. The Labute approximate surface area is 83.9 Å². The summed E-state index contributed by atoms with van der Waals surface area (Å²) in [6.07, 6.45) is -10.2. The summed E-state index contributed by atoms with van der Waals surface area (Å²) in [4.78, 5) is 17.8. The first-order valence-corrected chi connectivity index (χ1v) is 2.49. The van der Waals surface area contributed by atoms with Crippen LogP contribution in [0, 0.1) is 0 Å². The van der Waals surface area contributed by atoms with E-state index in [2.05, 4.69) is 0 Å². The number of carboxylic acids is 2. The molecule has 0 saturated carbocycles. The zero-order chi connectivity index (χ0) is 12.2. The maximum atomic E-state index is 10.6. The molecule has 0 fully saturated rings. The van der Waals surface area contributed by atoms with E-state index in [1.165, 1.54) is 0 Å². The Morgan fingerprint density at radius 2 is 0.800 bits per heavy atom. The van der Waals surface area contributed by atoms with Crippen LogP contribution in [0.15, 0.2) is 0 Å². The van der Waals surface area contributed by atoms with Crippen molar-refractivity contribution in [3.05, 3.63) is 0 Å². The van der Waals surface area contributed by atoms with Crippen molar-refractivity contribution < 1.29 is 46.1 Å². The summed E-state index contributed by atoms with van der Waals surface area (Å²) in [5.74, 6) is -5.51. The molecule has 0 aliphatic carbocycles. The minimum absolute atomic E-state index is 0. The van der Waals surface area contributed by atoms with Crippen LogP contribution in [0.1, 0.15) is 0 Å². The van der Waals surface area contributed by atoms with Crippen molar-refractivity contribution in [1.29, 1.82) is 0 Å².